The largest absolute Gasteiger partial charge is 0.330 e. The van der Waals surface area contributed by atoms with Crippen molar-refractivity contribution in [1.29, 1.82) is 0 Å². The molecule has 0 aromatic carbocycles. The smallest absolute Gasteiger partial charge is 0.264 e. The number of rotatable bonds is 11. The normalized spacial score (nSPS) is 10.9. The van der Waals surface area contributed by atoms with Crippen LogP contribution in [0.3, 0.4) is 0 Å². The van der Waals surface area contributed by atoms with Gasteiger partial charge in [-0.05, 0) is 32.2 Å². The minimum Gasteiger partial charge on any atom is -0.330 e. The van der Waals surface area contributed by atoms with Crippen molar-refractivity contribution in [3.05, 3.63) is 0 Å². The maximum atomic E-state index is 11.2. The van der Waals surface area contributed by atoms with Crippen molar-refractivity contribution in [3.8, 4) is 0 Å². The molecule has 0 rings (SSSR count). The van der Waals surface area contributed by atoms with Gasteiger partial charge in [0, 0.05) is 12.8 Å². The number of carbonyl (C=O) groups excluding carboxylic acids is 2. The molecule has 0 aliphatic heterocycles. The van der Waals surface area contributed by atoms with Crippen LogP contribution in [0.5, 0.6) is 0 Å². The van der Waals surface area contributed by atoms with E-state index in [1.807, 2.05) is 0 Å². The van der Waals surface area contributed by atoms with E-state index in [-0.39, 0.29) is 5.91 Å². The number of unbranched alkanes of at least 4 members (excludes halogenated alkanes) is 5. The molecular formula is C12H23N3O2. The molecule has 0 atom stereocenters. The SMILES string of the molecule is NCCCCCC(=O)N=NCCCCCC=O. The summed E-state index contributed by atoms with van der Waals surface area (Å²) in [6.07, 6.45) is 7.52. The van der Waals surface area contributed by atoms with Crippen LogP contribution in [0.4, 0.5) is 0 Å². The second-order valence-electron chi connectivity index (χ2n) is 3.97. The summed E-state index contributed by atoms with van der Waals surface area (Å²) in [5, 5.41) is 7.46. The highest BCUT2D eigenvalue weighted by atomic mass is 16.1. The first-order chi connectivity index (χ1) is 8.31. The number of amides is 1. The van der Waals surface area contributed by atoms with Gasteiger partial charge in [0.2, 0.25) is 0 Å². The maximum Gasteiger partial charge on any atom is 0.264 e. The highest BCUT2D eigenvalue weighted by Gasteiger charge is 1.98. The van der Waals surface area contributed by atoms with Crippen molar-refractivity contribution in [2.24, 2.45) is 16.0 Å². The summed E-state index contributed by atoms with van der Waals surface area (Å²) in [7, 11) is 0. The van der Waals surface area contributed by atoms with Crippen molar-refractivity contribution < 1.29 is 9.59 Å². The topological polar surface area (TPSA) is 84.9 Å². The van der Waals surface area contributed by atoms with Gasteiger partial charge in [0.05, 0.1) is 6.54 Å². The maximum absolute atomic E-state index is 11.2. The second kappa shape index (κ2) is 13.0. The Morgan fingerprint density at radius 1 is 1.06 bits per heavy atom. The van der Waals surface area contributed by atoms with Crippen molar-refractivity contribution in [2.75, 3.05) is 13.1 Å². The molecule has 1 amide bonds. The van der Waals surface area contributed by atoms with Crippen LogP contribution in [0.2, 0.25) is 0 Å². The van der Waals surface area contributed by atoms with Gasteiger partial charge in [-0.3, -0.25) is 4.79 Å². The molecule has 98 valence electrons. The Hall–Kier alpha value is -1.10. The predicted octanol–water partition coefficient (Wildman–Crippen LogP) is 2.24. The lowest BCUT2D eigenvalue weighted by molar-refractivity contribution is -0.118. The molecule has 0 fully saturated rings. The average molecular weight is 241 g/mol. The Kier molecular flexibility index (Phi) is 12.1. The Morgan fingerprint density at radius 2 is 1.82 bits per heavy atom. The third-order valence-electron chi connectivity index (χ3n) is 2.36. The summed E-state index contributed by atoms with van der Waals surface area (Å²) >= 11 is 0. The Balaban J connectivity index is 3.31. The molecule has 17 heavy (non-hydrogen) atoms. The molecule has 2 N–H and O–H groups in total. The zero-order valence-corrected chi connectivity index (χ0v) is 10.4. The van der Waals surface area contributed by atoms with Crippen LogP contribution < -0.4 is 5.73 Å². The standard InChI is InChI=1S/C12H23N3O2/c13-9-5-3-4-8-12(17)15-14-10-6-1-2-7-11-16/h11H,1-10,13H2. The summed E-state index contributed by atoms with van der Waals surface area (Å²) in [6.45, 7) is 1.25. The van der Waals surface area contributed by atoms with E-state index in [0.717, 1.165) is 44.8 Å². The number of nitrogens with two attached hydrogens (primary N) is 1. The summed E-state index contributed by atoms with van der Waals surface area (Å²) < 4.78 is 0. The molecule has 0 bridgehead atoms. The van der Waals surface area contributed by atoms with Crippen molar-refractivity contribution in [1.82, 2.24) is 0 Å². The monoisotopic (exact) mass is 241 g/mol. The van der Waals surface area contributed by atoms with Gasteiger partial charge in [-0.15, -0.1) is 5.11 Å². The zero-order valence-electron chi connectivity index (χ0n) is 10.4. The van der Waals surface area contributed by atoms with Crippen molar-refractivity contribution in [2.45, 2.75) is 51.4 Å². The Bertz CT molecular complexity index is 230. The molecule has 0 aliphatic rings. The van der Waals surface area contributed by atoms with Gasteiger partial charge in [-0.25, -0.2) is 0 Å². The van der Waals surface area contributed by atoms with E-state index in [4.69, 9.17) is 5.73 Å². The van der Waals surface area contributed by atoms with Gasteiger partial charge in [-0.2, -0.15) is 5.11 Å². The molecule has 0 saturated carbocycles. The third kappa shape index (κ3) is 12.8. The van der Waals surface area contributed by atoms with Gasteiger partial charge >= 0.3 is 0 Å². The van der Waals surface area contributed by atoms with Crippen LogP contribution in [-0.4, -0.2) is 25.3 Å². The number of hydrogen-bond acceptors (Lipinski definition) is 4. The quantitative estimate of drug-likeness (QED) is 0.342. The van der Waals surface area contributed by atoms with E-state index in [1.165, 1.54) is 0 Å². The Morgan fingerprint density at radius 3 is 2.53 bits per heavy atom. The first-order valence-electron chi connectivity index (χ1n) is 6.35. The third-order valence-corrected chi connectivity index (χ3v) is 2.36. The Labute approximate surface area is 103 Å². The number of nitrogens with zero attached hydrogens (tertiary/aromatic N) is 2. The fourth-order valence-corrected chi connectivity index (χ4v) is 1.36. The van der Waals surface area contributed by atoms with E-state index in [1.54, 1.807) is 0 Å². The number of aldehydes is 1. The first kappa shape index (κ1) is 15.9. The van der Waals surface area contributed by atoms with Gasteiger partial charge in [0.25, 0.3) is 5.91 Å². The molecule has 0 aromatic heterocycles. The lowest BCUT2D eigenvalue weighted by atomic mass is 10.2. The van der Waals surface area contributed by atoms with Gasteiger partial charge in [-0.1, -0.05) is 12.8 Å². The zero-order chi connectivity index (χ0) is 12.8. The van der Waals surface area contributed by atoms with Gasteiger partial charge in [0.15, 0.2) is 0 Å². The van der Waals surface area contributed by atoms with E-state index >= 15 is 0 Å². The fourth-order valence-electron chi connectivity index (χ4n) is 1.36. The first-order valence-corrected chi connectivity index (χ1v) is 6.35. The molecule has 5 nitrogen and oxygen atoms in total. The fraction of sp³-hybridized carbons (Fsp3) is 0.833. The minimum absolute atomic E-state index is 0.144. The summed E-state index contributed by atoms with van der Waals surface area (Å²) in [5.41, 5.74) is 5.34. The van der Waals surface area contributed by atoms with E-state index in [9.17, 15) is 9.59 Å². The van der Waals surface area contributed by atoms with E-state index in [2.05, 4.69) is 10.2 Å². The van der Waals surface area contributed by atoms with Crippen LogP contribution in [0.15, 0.2) is 10.2 Å². The lowest BCUT2D eigenvalue weighted by Gasteiger charge is -1.95. The van der Waals surface area contributed by atoms with Gasteiger partial charge < -0.3 is 10.5 Å². The summed E-state index contributed by atoms with van der Waals surface area (Å²) in [5.74, 6) is -0.144. The molecule has 0 spiro atoms. The highest BCUT2D eigenvalue weighted by Crippen LogP contribution is 2.01. The van der Waals surface area contributed by atoms with Crippen molar-refractivity contribution >= 4 is 12.2 Å². The predicted molar refractivity (Wildman–Crippen MR) is 66.8 cm³/mol. The number of carbonyl (C=O) groups is 2. The summed E-state index contributed by atoms with van der Waals surface area (Å²) in [4.78, 5) is 21.2. The molecule has 0 heterocycles. The van der Waals surface area contributed by atoms with Crippen LogP contribution in [0, 0.1) is 0 Å². The van der Waals surface area contributed by atoms with Crippen molar-refractivity contribution in [3.63, 3.8) is 0 Å². The number of azo groups is 1. The van der Waals surface area contributed by atoms with E-state index in [0.29, 0.717) is 25.9 Å². The van der Waals surface area contributed by atoms with E-state index < -0.39 is 0 Å². The van der Waals surface area contributed by atoms with Crippen LogP contribution in [0.1, 0.15) is 51.4 Å². The molecule has 0 radical (unpaired) electrons. The highest BCUT2D eigenvalue weighted by molar-refractivity contribution is 5.76. The van der Waals surface area contributed by atoms with Crippen LogP contribution >= 0.6 is 0 Å². The molecule has 0 saturated heterocycles. The lowest BCUT2D eigenvalue weighted by Crippen LogP contribution is -1.99. The minimum atomic E-state index is -0.144. The molecule has 0 aliphatic carbocycles. The van der Waals surface area contributed by atoms with Crippen LogP contribution in [0.25, 0.3) is 0 Å². The van der Waals surface area contributed by atoms with Gasteiger partial charge in [0.1, 0.15) is 6.29 Å². The molecule has 0 unspecified atom stereocenters. The molecular weight excluding hydrogens is 218 g/mol. The summed E-state index contributed by atoms with van der Waals surface area (Å²) in [6, 6.07) is 0. The average Bonchev–Trinajstić information content (AvgIpc) is 2.33. The molecule has 5 heteroatoms. The van der Waals surface area contributed by atoms with Crippen LogP contribution in [-0.2, 0) is 9.59 Å². The second-order valence-corrected chi connectivity index (χ2v) is 3.97. The molecule has 0 aromatic rings. The number of hydrogen-bond donors (Lipinski definition) is 1.